The van der Waals surface area contributed by atoms with Gasteiger partial charge in [0.25, 0.3) is 0 Å². The van der Waals surface area contributed by atoms with Gasteiger partial charge in [-0.1, -0.05) is 12.1 Å². The topological polar surface area (TPSA) is 56.2 Å². The third kappa shape index (κ3) is 5.09. The van der Waals surface area contributed by atoms with Gasteiger partial charge in [0.1, 0.15) is 5.75 Å². The minimum Gasteiger partial charge on any atom is -0.508 e. The lowest BCUT2D eigenvalue weighted by molar-refractivity contribution is 0.0563. The Morgan fingerprint density at radius 3 is 2.50 bits per heavy atom. The first-order chi connectivity index (χ1) is 9.78. The van der Waals surface area contributed by atoms with Crippen molar-refractivity contribution in [3.05, 3.63) is 29.8 Å². The molecule has 0 aliphatic carbocycles. The van der Waals surface area contributed by atoms with Gasteiger partial charge in [-0.3, -0.25) is 9.80 Å². The van der Waals surface area contributed by atoms with Crippen molar-refractivity contribution in [3.8, 4) is 5.75 Å². The number of aliphatic hydroxyl groups excluding tert-OH is 1. The molecule has 2 N–H and O–H groups in total. The van der Waals surface area contributed by atoms with Crippen LogP contribution < -0.4 is 0 Å². The molecule has 0 amide bonds. The SMILES string of the molecule is OCCOCCN1CCN(Cc2cccc(O)c2)CC1. The molecule has 1 aliphatic heterocycles. The van der Waals surface area contributed by atoms with E-state index in [-0.39, 0.29) is 6.61 Å². The fourth-order valence-corrected chi connectivity index (χ4v) is 2.44. The Morgan fingerprint density at radius 2 is 1.80 bits per heavy atom. The predicted molar refractivity (Wildman–Crippen MR) is 77.7 cm³/mol. The zero-order chi connectivity index (χ0) is 14.2. The van der Waals surface area contributed by atoms with Gasteiger partial charge in [0.2, 0.25) is 0 Å². The number of hydrogen-bond acceptors (Lipinski definition) is 5. The van der Waals surface area contributed by atoms with Crippen molar-refractivity contribution < 1.29 is 14.9 Å². The van der Waals surface area contributed by atoms with E-state index in [0.29, 0.717) is 19.0 Å². The Morgan fingerprint density at radius 1 is 1.05 bits per heavy atom. The number of phenolic OH excluding ortho intramolecular Hbond substituents is 1. The highest BCUT2D eigenvalue weighted by Crippen LogP contribution is 2.14. The monoisotopic (exact) mass is 280 g/mol. The maximum atomic E-state index is 9.47. The van der Waals surface area contributed by atoms with Crippen molar-refractivity contribution in [2.24, 2.45) is 0 Å². The molecule has 0 aromatic heterocycles. The van der Waals surface area contributed by atoms with E-state index in [0.717, 1.165) is 44.8 Å². The summed E-state index contributed by atoms with van der Waals surface area (Å²) in [5, 5.41) is 18.1. The van der Waals surface area contributed by atoms with Gasteiger partial charge in [0, 0.05) is 39.3 Å². The molecule has 0 atom stereocenters. The average Bonchev–Trinajstić information content (AvgIpc) is 2.45. The number of nitrogens with zero attached hydrogens (tertiary/aromatic N) is 2. The lowest BCUT2D eigenvalue weighted by Crippen LogP contribution is -2.46. The highest BCUT2D eigenvalue weighted by Gasteiger charge is 2.16. The molecule has 1 aromatic carbocycles. The second-order valence-corrected chi connectivity index (χ2v) is 5.12. The lowest BCUT2D eigenvalue weighted by atomic mass is 10.2. The van der Waals surface area contributed by atoms with Crippen LogP contribution in [0.25, 0.3) is 0 Å². The Bertz CT molecular complexity index is 392. The first-order valence-electron chi connectivity index (χ1n) is 7.19. The number of benzene rings is 1. The molecule has 0 radical (unpaired) electrons. The van der Waals surface area contributed by atoms with E-state index in [9.17, 15) is 5.11 Å². The minimum atomic E-state index is 0.0949. The summed E-state index contributed by atoms with van der Waals surface area (Å²) in [7, 11) is 0. The molecule has 0 spiro atoms. The molecule has 0 unspecified atom stereocenters. The van der Waals surface area contributed by atoms with Crippen LogP contribution in [-0.2, 0) is 11.3 Å². The molecule has 1 aromatic rings. The molecule has 0 bridgehead atoms. The fraction of sp³-hybridized carbons (Fsp3) is 0.600. The summed E-state index contributed by atoms with van der Waals surface area (Å²) in [5.41, 5.74) is 1.16. The maximum Gasteiger partial charge on any atom is 0.115 e. The van der Waals surface area contributed by atoms with Crippen LogP contribution in [0.2, 0.25) is 0 Å². The van der Waals surface area contributed by atoms with E-state index in [1.807, 2.05) is 12.1 Å². The summed E-state index contributed by atoms with van der Waals surface area (Å²) in [4.78, 5) is 4.79. The summed E-state index contributed by atoms with van der Waals surface area (Å²) in [6.07, 6.45) is 0. The number of aromatic hydroxyl groups is 1. The molecular weight excluding hydrogens is 256 g/mol. The van der Waals surface area contributed by atoms with Crippen molar-refractivity contribution >= 4 is 0 Å². The first-order valence-corrected chi connectivity index (χ1v) is 7.19. The smallest absolute Gasteiger partial charge is 0.115 e. The summed E-state index contributed by atoms with van der Waals surface area (Å²) in [6.45, 7) is 7.19. The van der Waals surface area contributed by atoms with Crippen LogP contribution in [0, 0.1) is 0 Å². The summed E-state index contributed by atoms with van der Waals surface area (Å²) >= 11 is 0. The Labute approximate surface area is 120 Å². The van der Waals surface area contributed by atoms with Crippen molar-refractivity contribution in [3.63, 3.8) is 0 Å². The van der Waals surface area contributed by atoms with Crippen LogP contribution in [0.15, 0.2) is 24.3 Å². The molecule has 1 aliphatic rings. The summed E-state index contributed by atoms with van der Waals surface area (Å²) in [6, 6.07) is 7.47. The molecule has 5 heteroatoms. The van der Waals surface area contributed by atoms with Crippen molar-refractivity contribution in [1.82, 2.24) is 9.80 Å². The number of aliphatic hydroxyl groups is 1. The molecule has 1 heterocycles. The molecule has 2 rings (SSSR count). The van der Waals surface area contributed by atoms with Gasteiger partial charge in [-0.25, -0.2) is 0 Å². The van der Waals surface area contributed by atoms with E-state index in [2.05, 4.69) is 15.9 Å². The molecule has 1 saturated heterocycles. The second kappa shape index (κ2) is 8.21. The zero-order valence-corrected chi connectivity index (χ0v) is 11.9. The quantitative estimate of drug-likeness (QED) is 0.713. The summed E-state index contributed by atoms with van der Waals surface area (Å²) < 4.78 is 5.29. The third-order valence-corrected chi connectivity index (χ3v) is 3.57. The van der Waals surface area contributed by atoms with E-state index in [1.165, 1.54) is 0 Å². The molecule has 5 nitrogen and oxygen atoms in total. The van der Waals surface area contributed by atoms with E-state index >= 15 is 0 Å². The van der Waals surface area contributed by atoms with Gasteiger partial charge < -0.3 is 14.9 Å². The van der Waals surface area contributed by atoms with Gasteiger partial charge in [-0.2, -0.15) is 0 Å². The lowest BCUT2D eigenvalue weighted by Gasteiger charge is -2.34. The van der Waals surface area contributed by atoms with E-state index in [1.54, 1.807) is 6.07 Å². The molecule has 1 fully saturated rings. The van der Waals surface area contributed by atoms with Crippen LogP contribution in [0.4, 0.5) is 0 Å². The van der Waals surface area contributed by atoms with Gasteiger partial charge in [-0.15, -0.1) is 0 Å². The van der Waals surface area contributed by atoms with Gasteiger partial charge in [-0.05, 0) is 17.7 Å². The first kappa shape index (κ1) is 15.3. The van der Waals surface area contributed by atoms with Gasteiger partial charge >= 0.3 is 0 Å². The Kier molecular flexibility index (Phi) is 6.26. The molecule has 0 saturated carbocycles. The number of ether oxygens (including phenoxy) is 1. The van der Waals surface area contributed by atoms with Gasteiger partial charge in [0.15, 0.2) is 0 Å². The Balaban J connectivity index is 1.66. The van der Waals surface area contributed by atoms with E-state index < -0.39 is 0 Å². The van der Waals surface area contributed by atoms with Crippen molar-refractivity contribution in [2.75, 3.05) is 52.5 Å². The predicted octanol–water partition coefficient (Wildman–Crippen LogP) is 0.519. The number of hydrogen-bond donors (Lipinski definition) is 2. The standard InChI is InChI=1S/C15H24N2O3/c18-9-11-20-10-8-16-4-6-17(7-5-16)13-14-2-1-3-15(19)12-14/h1-3,12,18-19H,4-11,13H2. The van der Waals surface area contributed by atoms with Crippen LogP contribution in [0.1, 0.15) is 5.56 Å². The van der Waals surface area contributed by atoms with Crippen LogP contribution >= 0.6 is 0 Å². The fourth-order valence-electron chi connectivity index (χ4n) is 2.44. The third-order valence-electron chi connectivity index (χ3n) is 3.57. The average molecular weight is 280 g/mol. The van der Waals surface area contributed by atoms with Crippen molar-refractivity contribution in [1.29, 1.82) is 0 Å². The largest absolute Gasteiger partial charge is 0.508 e. The van der Waals surface area contributed by atoms with E-state index in [4.69, 9.17) is 9.84 Å². The van der Waals surface area contributed by atoms with Gasteiger partial charge in [0.05, 0.1) is 19.8 Å². The molecular formula is C15H24N2O3. The second-order valence-electron chi connectivity index (χ2n) is 5.12. The van der Waals surface area contributed by atoms with Crippen LogP contribution in [0.3, 0.4) is 0 Å². The highest BCUT2D eigenvalue weighted by atomic mass is 16.5. The number of piperazine rings is 1. The highest BCUT2D eigenvalue weighted by molar-refractivity contribution is 5.27. The van der Waals surface area contributed by atoms with Crippen LogP contribution in [-0.4, -0.2) is 72.6 Å². The summed E-state index contributed by atoms with van der Waals surface area (Å²) in [5.74, 6) is 0.335. The maximum absolute atomic E-state index is 9.47. The Hall–Kier alpha value is -1.14. The normalized spacial score (nSPS) is 17.4. The number of rotatable bonds is 7. The van der Waals surface area contributed by atoms with Crippen LogP contribution in [0.5, 0.6) is 5.75 Å². The zero-order valence-electron chi connectivity index (χ0n) is 11.9. The van der Waals surface area contributed by atoms with Crippen molar-refractivity contribution in [2.45, 2.75) is 6.54 Å². The molecule has 20 heavy (non-hydrogen) atoms. The number of phenols is 1. The molecule has 112 valence electrons. The minimum absolute atomic E-state index is 0.0949.